The second-order valence-corrected chi connectivity index (χ2v) is 10.7. The first-order chi connectivity index (χ1) is 21.4. The molecule has 8 bridgehead atoms. The van der Waals surface area contributed by atoms with Gasteiger partial charge in [-0.3, -0.25) is 0 Å². The maximum Gasteiger partial charge on any atom is 2.00 e. The number of fused-ring (bicyclic) bond motifs is 20. The van der Waals surface area contributed by atoms with E-state index in [2.05, 4.69) is 0 Å². The maximum atomic E-state index is 6.20. The molecular weight excluding hydrogens is 616 g/mol. The molecule has 5 heterocycles. The normalized spacial score (nSPS) is 11.7. The van der Waals surface area contributed by atoms with Crippen LogP contribution in [0.5, 0.6) is 0 Å². The third-order valence-electron chi connectivity index (χ3n) is 7.80. The molecule has 0 amide bonds. The van der Waals surface area contributed by atoms with Crippen LogP contribution in [0.15, 0.2) is 72.8 Å². The first-order valence-electron chi connectivity index (χ1n) is 13.7. The molecule has 12 nitrogen and oxygen atoms in total. The van der Waals surface area contributed by atoms with Gasteiger partial charge in [0.15, 0.2) is 0 Å². The van der Waals surface area contributed by atoms with Crippen LogP contribution in [-0.2, 0) is 17.1 Å². The zero-order valence-corrected chi connectivity index (χ0v) is 24.1. The third kappa shape index (κ3) is 4.06. The summed E-state index contributed by atoms with van der Waals surface area (Å²) in [5.41, 5.74) is 31.7. The molecule has 0 atom stereocenters. The Bertz CT molecular complexity index is 2570. The average molecular weight is 636 g/mol. The first kappa shape index (κ1) is 26.6. The number of anilines is 4. The molecule has 219 valence electrons. The number of nitrogens with two attached hydrogens (primary N) is 4. The van der Waals surface area contributed by atoms with Gasteiger partial charge in [-0.05, 0) is 82.2 Å². The largest absolute Gasteiger partial charge is 2.00 e. The van der Waals surface area contributed by atoms with Gasteiger partial charge in [-0.15, -0.1) is 0 Å². The van der Waals surface area contributed by atoms with Crippen molar-refractivity contribution in [2.24, 2.45) is 0 Å². The van der Waals surface area contributed by atoms with E-state index in [1.54, 1.807) is 24.3 Å². The molecule has 0 spiro atoms. The zero-order valence-electron chi connectivity index (χ0n) is 23.1. The van der Waals surface area contributed by atoms with Gasteiger partial charge in [0, 0.05) is 67.6 Å². The summed E-state index contributed by atoms with van der Waals surface area (Å²) >= 11 is 0. The molecular formula is C32H20CuN12. The molecule has 2 aliphatic heterocycles. The molecule has 45 heavy (non-hydrogen) atoms. The van der Waals surface area contributed by atoms with Gasteiger partial charge in [0.2, 0.25) is 0 Å². The summed E-state index contributed by atoms with van der Waals surface area (Å²) < 4.78 is 0. The minimum atomic E-state index is 0. The minimum Gasteiger partial charge on any atom is -0.399 e. The maximum absolute atomic E-state index is 6.20. The smallest absolute Gasteiger partial charge is 0.399 e. The number of nitrogens with zero attached hydrogens (tertiary/aromatic N) is 8. The van der Waals surface area contributed by atoms with Crippen molar-refractivity contribution in [2.45, 2.75) is 0 Å². The van der Waals surface area contributed by atoms with E-state index in [1.807, 2.05) is 48.5 Å². The number of nitrogen functional groups attached to an aromatic ring is 4. The Morgan fingerprint density at radius 1 is 0.356 bits per heavy atom. The molecule has 0 saturated heterocycles. The molecule has 4 aromatic carbocycles. The van der Waals surface area contributed by atoms with Crippen LogP contribution < -0.4 is 32.9 Å². The van der Waals surface area contributed by atoms with Gasteiger partial charge in [-0.1, -0.05) is 12.1 Å². The summed E-state index contributed by atoms with van der Waals surface area (Å²) in [7, 11) is 0. The van der Waals surface area contributed by atoms with Crippen molar-refractivity contribution in [3.63, 3.8) is 0 Å². The second-order valence-electron chi connectivity index (χ2n) is 10.7. The monoisotopic (exact) mass is 635 g/mol. The zero-order chi connectivity index (χ0) is 29.7. The van der Waals surface area contributed by atoms with Crippen LogP contribution in [0.25, 0.3) is 89.7 Å². The summed E-state index contributed by atoms with van der Waals surface area (Å²) in [6.07, 6.45) is 0. The Morgan fingerprint density at radius 2 is 0.689 bits per heavy atom. The van der Waals surface area contributed by atoms with E-state index in [-0.39, 0.29) is 17.1 Å². The third-order valence-corrected chi connectivity index (χ3v) is 7.80. The van der Waals surface area contributed by atoms with E-state index >= 15 is 0 Å². The molecule has 0 unspecified atom stereocenters. The quantitative estimate of drug-likeness (QED) is 0.134. The number of rotatable bonds is 0. The van der Waals surface area contributed by atoms with Gasteiger partial charge in [0.1, 0.15) is 0 Å². The fourth-order valence-electron chi connectivity index (χ4n) is 5.73. The van der Waals surface area contributed by atoms with Crippen molar-refractivity contribution in [1.82, 2.24) is 39.9 Å². The Balaban J connectivity index is 0.00000300. The van der Waals surface area contributed by atoms with Crippen LogP contribution >= 0.6 is 0 Å². The van der Waals surface area contributed by atoms with E-state index in [4.69, 9.17) is 62.8 Å². The van der Waals surface area contributed by atoms with Crippen molar-refractivity contribution < 1.29 is 17.1 Å². The molecule has 8 N–H and O–H groups in total. The van der Waals surface area contributed by atoms with Crippen LogP contribution in [0.3, 0.4) is 0 Å². The number of benzene rings is 4. The van der Waals surface area contributed by atoms with E-state index < -0.39 is 0 Å². The van der Waals surface area contributed by atoms with Crippen molar-refractivity contribution >= 4 is 66.9 Å². The standard InChI is InChI=1S/C32H20N12.Cu/c33-13-1-5-17-21(9-13)29-38-25(17)37-26-18-6-2-14(34)10-22(18)30(39-26)41-28-20-8-4-16(36)12-24(20)32(43-28)44-31-23-11-15(35)3-7-19(23)27(40-29)42-31;/h1-12H,33-36H2;/q-2;+2. The SMILES string of the molecule is Nc1ccc2c(c1)-c1nc-2nc2[n-]c(nc3nc(nc4[n-]c(n1)c1ccc(N)cc41)-c1cc(N)ccc1-3)c1cc(N)ccc21.[Cu+2]. The number of hydrogen-bond donors (Lipinski definition) is 4. The molecule has 9 rings (SSSR count). The van der Waals surface area contributed by atoms with E-state index in [0.29, 0.717) is 68.6 Å². The Kier molecular flexibility index (Phi) is 5.60. The predicted molar refractivity (Wildman–Crippen MR) is 172 cm³/mol. The molecule has 1 radical (unpaired) electrons. The van der Waals surface area contributed by atoms with E-state index in [9.17, 15) is 0 Å². The number of aromatic nitrogens is 8. The van der Waals surface area contributed by atoms with Crippen LogP contribution in [0.1, 0.15) is 0 Å². The molecule has 0 aliphatic carbocycles. The van der Waals surface area contributed by atoms with Gasteiger partial charge in [0.25, 0.3) is 0 Å². The van der Waals surface area contributed by atoms with Crippen LogP contribution in [-0.4, -0.2) is 29.9 Å². The molecule has 2 aliphatic rings. The van der Waals surface area contributed by atoms with Crippen molar-refractivity contribution in [1.29, 1.82) is 0 Å². The molecule has 7 aromatic rings. The second kappa shape index (κ2) is 9.48. The van der Waals surface area contributed by atoms with Gasteiger partial charge in [0.05, 0.1) is 23.3 Å². The van der Waals surface area contributed by atoms with E-state index in [0.717, 1.165) is 43.8 Å². The van der Waals surface area contributed by atoms with Gasteiger partial charge >= 0.3 is 17.1 Å². The molecule has 3 aromatic heterocycles. The van der Waals surface area contributed by atoms with Crippen molar-refractivity contribution in [3.05, 3.63) is 72.8 Å². The summed E-state index contributed by atoms with van der Waals surface area (Å²) in [5.74, 6) is 1.68. The Morgan fingerprint density at radius 3 is 1.11 bits per heavy atom. The molecule has 13 heteroatoms. The van der Waals surface area contributed by atoms with Gasteiger partial charge < -0.3 is 52.8 Å². The first-order valence-corrected chi connectivity index (χ1v) is 13.7. The van der Waals surface area contributed by atoms with Crippen LogP contribution in [0.2, 0.25) is 0 Å². The predicted octanol–water partition coefficient (Wildman–Crippen LogP) is 4.45. The Labute approximate surface area is 264 Å². The summed E-state index contributed by atoms with van der Waals surface area (Å²) in [5, 5.41) is 2.97. The fourth-order valence-corrected chi connectivity index (χ4v) is 5.73. The van der Waals surface area contributed by atoms with E-state index in [1.165, 1.54) is 0 Å². The average Bonchev–Trinajstić information content (AvgIpc) is 3.71. The summed E-state index contributed by atoms with van der Waals surface area (Å²) in [6.45, 7) is 0. The van der Waals surface area contributed by atoms with Crippen LogP contribution in [0.4, 0.5) is 22.7 Å². The van der Waals surface area contributed by atoms with Crippen molar-refractivity contribution in [3.8, 4) is 45.6 Å². The Hall–Kier alpha value is -6.04. The van der Waals surface area contributed by atoms with Crippen molar-refractivity contribution in [2.75, 3.05) is 22.9 Å². The molecule has 0 fully saturated rings. The topological polar surface area (TPSA) is 210 Å². The fraction of sp³-hybridized carbons (Fsp3) is 0. The number of hydrogen-bond acceptors (Lipinski definition) is 10. The minimum absolute atomic E-state index is 0. The van der Waals surface area contributed by atoms with Gasteiger partial charge in [-0.2, -0.15) is 0 Å². The molecule has 0 saturated carbocycles. The van der Waals surface area contributed by atoms with Gasteiger partial charge in [-0.25, -0.2) is 9.97 Å². The summed E-state index contributed by atoms with van der Waals surface area (Å²) in [6, 6.07) is 22.0. The van der Waals surface area contributed by atoms with Crippen LogP contribution in [0, 0.1) is 0 Å². The summed E-state index contributed by atoms with van der Waals surface area (Å²) in [4.78, 5) is 39.0.